The lowest BCUT2D eigenvalue weighted by molar-refractivity contribution is 0.110. The summed E-state index contributed by atoms with van der Waals surface area (Å²) in [6.45, 7) is 3.11. The summed E-state index contributed by atoms with van der Waals surface area (Å²) >= 11 is 5.69. The van der Waals surface area contributed by atoms with Gasteiger partial charge in [-0.2, -0.15) is 5.10 Å². The maximum atomic E-state index is 5.69. The van der Waals surface area contributed by atoms with Crippen LogP contribution < -0.4 is 0 Å². The Hall–Kier alpha value is -0.650. The first kappa shape index (κ1) is 10.9. The molecule has 1 aromatic rings. The number of alkyl halides is 1. The van der Waals surface area contributed by atoms with Gasteiger partial charge in [-0.1, -0.05) is 0 Å². The lowest BCUT2D eigenvalue weighted by Crippen LogP contribution is -2.45. The molecule has 1 N–H and O–H groups in total. The van der Waals surface area contributed by atoms with Gasteiger partial charge in [-0.25, -0.2) is 4.98 Å². The predicted molar refractivity (Wildman–Crippen MR) is 58.8 cm³/mol. The molecule has 1 aliphatic heterocycles. The summed E-state index contributed by atoms with van der Waals surface area (Å²) in [5.41, 5.74) is 0. The van der Waals surface area contributed by atoms with Gasteiger partial charge >= 0.3 is 0 Å². The summed E-state index contributed by atoms with van der Waals surface area (Å²) in [6, 6.07) is 0.275. The molecular formula is C9H16ClN5. The maximum Gasteiger partial charge on any atom is 0.169 e. The first-order valence-electron chi connectivity index (χ1n) is 5.06. The van der Waals surface area contributed by atoms with Crippen LogP contribution in [0.5, 0.6) is 0 Å². The van der Waals surface area contributed by atoms with Crippen LogP contribution in [0.4, 0.5) is 0 Å². The Bertz CT molecular complexity index is 326. The number of aromatic amines is 1. The van der Waals surface area contributed by atoms with E-state index in [1.807, 2.05) is 0 Å². The number of hydrogen-bond donors (Lipinski definition) is 1. The number of nitrogens with zero attached hydrogens (tertiary/aromatic N) is 4. The zero-order chi connectivity index (χ0) is 10.8. The number of halogens is 1. The molecule has 0 aromatic carbocycles. The van der Waals surface area contributed by atoms with Crippen LogP contribution in [-0.4, -0.2) is 58.7 Å². The number of rotatable bonds is 2. The number of H-pyrrole nitrogens is 1. The molecule has 1 unspecified atom stereocenters. The van der Waals surface area contributed by atoms with Gasteiger partial charge in [0.2, 0.25) is 0 Å². The summed E-state index contributed by atoms with van der Waals surface area (Å²) in [5.74, 6) is 1.98. The van der Waals surface area contributed by atoms with Gasteiger partial charge < -0.3 is 4.90 Å². The largest absolute Gasteiger partial charge is 0.303 e. The van der Waals surface area contributed by atoms with Gasteiger partial charge in [-0.05, 0) is 14.1 Å². The van der Waals surface area contributed by atoms with Crippen molar-refractivity contribution >= 4 is 11.6 Å². The Morgan fingerprint density at radius 2 is 2.27 bits per heavy atom. The van der Waals surface area contributed by atoms with Crippen LogP contribution in [0.15, 0.2) is 0 Å². The van der Waals surface area contributed by atoms with E-state index in [4.69, 9.17) is 11.6 Å². The highest BCUT2D eigenvalue weighted by Crippen LogP contribution is 2.20. The molecule has 84 valence electrons. The molecule has 0 amide bonds. The fourth-order valence-electron chi connectivity index (χ4n) is 1.81. The lowest BCUT2D eigenvalue weighted by atomic mass is 10.2. The van der Waals surface area contributed by atoms with E-state index >= 15 is 0 Å². The number of likely N-dealkylation sites (N-methyl/N-ethyl adjacent to an activating group) is 2. The Kier molecular flexibility index (Phi) is 3.23. The summed E-state index contributed by atoms with van der Waals surface area (Å²) in [7, 11) is 4.23. The fraction of sp³-hybridized carbons (Fsp3) is 0.778. The Balaban J connectivity index is 2.13. The monoisotopic (exact) mass is 229 g/mol. The minimum absolute atomic E-state index is 0.275. The second kappa shape index (κ2) is 4.47. The molecule has 2 heterocycles. The third-order valence-electron chi connectivity index (χ3n) is 2.82. The van der Waals surface area contributed by atoms with E-state index in [2.05, 4.69) is 39.1 Å². The topological polar surface area (TPSA) is 48.0 Å². The van der Waals surface area contributed by atoms with Gasteiger partial charge in [0.15, 0.2) is 5.82 Å². The molecule has 6 heteroatoms. The van der Waals surface area contributed by atoms with Crippen LogP contribution in [0.25, 0.3) is 0 Å². The van der Waals surface area contributed by atoms with Crippen molar-refractivity contribution in [3.63, 3.8) is 0 Å². The van der Waals surface area contributed by atoms with Crippen LogP contribution in [0.3, 0.4) is 0 Å². The van der Waals surface area contributed by atoms with E-state index in [0.717, 1.165) is 31.3 Å². The second-order valence-electron chi connectivity index (χ2n) is 4.03. The molecule has 0 aliphatic carbocycles. The smallest absolute Gasteiger partial charge is 0.169 e. The van der Waals surface area contributed by atoms with Crippen molar-refractivity contribution in [2.24, 2.45) is 0 Å². The molecule has 1 aliphatic rings. The van der Waals surface area contributed by atoms with Crippen molar-refractivity contribution in [3.05, 3.63) is 11.6 Å². The summed E-state index contributed by atoms with van der Waals surface area (Å²) in [5, 5.41) is 7.06. The average Bonchev–Trinajstić information content (AvgIpc) is 2.70. The number of hydrogen-bond acceptors (Lipinski definition) is 4. The molecule has 0 bridgehead atoms. The van der Waals surface area contributed by atoms with E-state index in [1.54, 1.807) is 0 Å². The highest BCUT2D eigenvalue weighted by molar-refractivity contribution is 6.16. The quantitative estimate of drug-likeness (QED) is 0.749. The molecule has 0 radical (unpaired) electrons. The van der Waals surface area contributed by atoms with Gasteiger partial charge in [0, 0.05) is 19.6 Å². The Morgan fingerprint density at radius 3 is 2.93 bits per heavy atom. The maximum absolute atomic E-state index is 5.69. The molecule has 1 saturated heterocycles. The molecule has 0 saturated carbocycles. The zero-order valence-electron chi connectivity index (χ0n) is 9.07. The third-order valence-corrected chi connectivity index (χ3v) is 3.08. The third kappa shape index (κ3) is 2.30. The van der Waals surface area contributed by atoms with Crippen LogP contribution in [0, 0.1) is 0 Å². The highest BCUT2D eigenvalue weighted by atomic mass is 35.5. The SMILES string of the molecule is CN1CCN(C)C(c2n[nH]c(CCl)n2)C1. The summed E-state index contributed by atoms with van der Waals surface area (Å²) in [6.07, 6.45) is 0. The first-order valence-corrected chi connectivity index (χ1v) is 5.60. The van der Waals surface area contributed by atoms with Crippen molar-refractivity contribution < 1.29 is 0 Å². The molecular weight excluding hydrogens is 214 g/mol. The molecule has 15 heavy (non-hydrogen) atoms. The molecule has 0 spiro atoms. The predicted octanol–water partition coefficient (Wildman–Crippen LogP) is 0.462. The van der Waals surface area contributed by atoms with Crippen LogP contribution >= 0.6 is 11.6 Å². The molecule has 5 nitrogen and oxygen atoms in total. The standard InChI is InChI=1S/C9H16ClN5/c1-14-3-4-15(2)7(6-14)9-11-8(5-10)12-13-9/h7H,3-6H2,1-2H3,(H,11,12,13). The number of nitrogens with one attached hydrogen (secondary N) is 1. The van der Waals surface area contributed by atoms with Crippen molar-refractivity contribution in [1.29, 1.82) is 0 Å². The fourth-order valence-corrected chi connectivity index (χ4v) is 1.93. The van der Waals surface area contributed by atoms with Crippen LogP contribution in [0.1, 0.15) is 17.7 Å². The highest BCUT2D eigenvalue weighted by Gasteiger charge is 2.26. The molecule has 1 aromatic heterocycles. The van der Waals surface area contributed by atoms with Gasteiger partial charge in [-0.15, -0.1) is 11.6 Å². The summed E-state index contributed by atoms with van der Waals surface area (Å²) in [4.78, 5) is 8.94. The van der Waals surface area contributed by atoms with Crippen LogP contribution in [0.2, 0.25) is 0 Å². The van der Waals surface area contributed by atoms with Gasteiger partial charge in [0.25, 0.3) is 0 Å². The average molecular weight is 230 g/mol. The van der Waals surface area contributed by atoms with Gasteiger partial charge in [0.05, 0.1) is 11.9 Å². The second-order valence-corrected chi connectivity index (χ2v) is 4.30. The number of piperazine rings is 1. The Morgan fingerprint density at radius 1 is 1.47 bits per heavy atom. The van der Waals surface area contributed by atoms with E-state index in [-0.39, 0.29) is 6.04 Å². The van der Waals surface area contributed by atoms with Crippen molar-refractivity contribution in [2.75, 3.05) is 33.7 Å². The van der Waals surface area contributed by atoms with Crippen LogP contribution in [-0.2, 0) is 5.88 Å². The van der Waals surface area contributed by atoms with Gasteiger partial charge in [0.1, 0.15) is 5.82 Å². The van der Waals surface area contributed by atoms with E-state index in [0.29, 0.717) is 5.88 Å². The number of aromatic nitrogens is 3. The molecule has 2 rings (SSSR count). The summed E-state index contributed by atoms with van der Waals surface area (Å²) < 4.78 is 0. The van der Waals surface area contributed by atoms with E-state index in [1.165, 1.54) is 0 Å². The molecule has 1 fully saturated rings. The first-order chi connectivity index (χ1) is 7.20. The van der Waals surface area contributed by atoms with Crippen molar-refractivity contribution in [1.82, 2.24) is 25.0 Å². The zero-order valence-corrected chi connectivity index (χ0v) is 9.83. The lowest BCUT2D eigenvalue weighted by Gasteiger charge is -2.35. The minimum Gasteiger partial charge on any atom is -0.303 e. The Labute approximate surface area is 94.4 Å². The van der Waals surface area contributed by atoms with E-state index < -0.39 is 0 Å². The normalized spacial score (nSPS) is 24.6. The van der Waals surface area contributed by atoms with E-state index in [9.17, 15) is 0 Å². The van der Waals surface area contributed by atoms with Gasteiger partial charge in [-0.3, -0.25) is 10.00 Å². The molecule has 1 atom stereocenters. The minimum atomic E-state index is 0.275. The van der Waals surface area contributed by atoms with Crippen molar-refractivity contribution in [3.8, 4) is 0 Å². The van der Waals surface area contributed by atoms with Crippen molar-refractivity contribution in [2.45, 2.75) is 11.9 Å².